The summed E-state index contributed by atoms with van der Waals surface area (Å²) in [5.74, 6) is 0.150. The number of nitrogens with one attached hydrogen (secondary N) is 1. The van der Waals surface area contributed by atoms with E-state index in [9.17, 15) is 13.2 Å². The predicted molar refractivity (Wildman–Crippen MR) is 69.1 cm³/mol. The third-order valence-electron chi connectivity index (χ3n) is 2.44. The largest absolute Gasteiger partial charge is 0.339 e. The molecule has 1 heterocycles. The molecule has 2 rings (SSSR count). The quantitative estimate of drug-likeness (QED) is 0.876. The molecular weight excluding hydrogens is 282 g/mol. The number of hydrogen-bond acceptors (Lipinski definition) is 6. The van der Waals surface area contributed by atoms with Crippen molar-refractivity contribution < 1.29 is 17.7 Å². The summed E-state index contributed by atoms with van der Waals surface area (Å²) in [4.78, 5) is 15.6. The molecule has 0 bridgehead atoms. The van der Waals surface area contributed by atoms with Gasteiger partial charge in [-0.2, -0.15) is 4.98 Å². The van der Waals surface area contributed by atoms with Crippen molar-refractivity contribution in [1.82, 2.24) is 14.9 Å². The summed E-state index contributed by atoms with van der Waals surface area (Å²) in [7, 11) is -3.82. The zero-order valence-electron chi connectivity index (χ0n) is 10.7. The van der Waals surface area contributed by atoms with E-state index in [1.165, 1.54) is 12.1 Å². The van der Waals surface area contributed by atoms with Gasteiger partial charge < -0.3 is 4.52 Å². The van der Waals surface area contributed by atoms with E-state index in [2.05, 4.69) is 10.1 Å². The van der Waals surface area contributed by atoms with Crippen molar-refractivity contribution in [3.05, 3.63) is 42.0 Å². The first kappa shape index (κ1) is 14.2. The topological polar surface area (TPSA) is 102 Å². The highest BCUT2D eigenvalue weighted by Crippen LogP contribution is 2.08. The van der Waals surface area contributed by atoms with Crippen LogP contribution in [0.2, 0.25) is 0 Å². The molecule has 106 valence electrons. The van der Waals surface area contributed by atoms with Crippen molar-refractivity contribution in [3.8, 4) is 0 Å². The average Bonchev–Trinajstić information content (AvgIpc) is 2.83. The van der Waals surface area contributed by atoms with Crippen LogP contribution >= 0.6 is 0 Å². The van der Waals surface area contributed by atoms with Crippen LogP contribution in [0.3, 0.4) is 0 Å². The number of aryl methyl sites for hydroxylation is 2. The van der Waals surface area contributed by atoms with E-state index < -0.39 is 15.9 Å². The number of benzene rings is 1. The van der Waals surface area contributed by atoms with Crippen LogP contribution in [0.5, 0.6) is 0 Å². The Kier molecular flexibility index (Phi) is 4.14. The van der Waals surface area contributed by atoms with Crippen LogP contribution in [0.15, 0.2) is 39.8 Å². The Morgan fingerprint density at radius 2 is 2.00 bits per heavy atom. The second-order valence-corrected chi connectivity index (χ2v) is 5.76. The monoisotopic (exact) mass is 295 g/mol. The van der Waals surface area contributed by atoms with Gasteiger partial charge in [0.1, 0.15) is 0 Å². The second-order valence-electron chi connectivity index (χ2n) is 4.08. The van der Waals surface area contributed by atoms with Gasteiger partial charge >= 0.3 is 0 Å². The Labute approximate surface area is 116 Å². The number of aromatic nitrogens is 2. The van der Waals surface area contributed by atoms with Gasteiger partial charge in [-0.15, -0.1) is 0 Å². The number of carbonyl (C=O) groups excluding carboxylic acids is 1. The number of sulfonamides is 1. The standard InChI is InChI=1S/C12H13N3O4S/c1-9-13-12(19-14-9)8-7-11(16)15-20(17,18)10-5-3-2-4-6-10/h2-6H,7-8H2,1H3,(H,15,16). The fourth-order valence-corrected chi connectivity index (χ4v) is 2.56. The molecular formula is C12H13N3O4S. The molecule has 0 fully saturated rings. The van der Waals surface area contributed by atoms with Crippen molar-refractivity contribution in [2.24, 2.45) is 0 Å². The number of nitrogens with zero attached hydrogens (tertiary/aromatic N) is 2. The third kappa shape index (κ3) is 3.64. The molecule has 1 amide bonds. The zero-order chi connectivity index (χ0) is 14.6. The molecule has 0 saturated heterocycles. The summed E-state index contributed by atoms with van der Waals surface area (Å²) in [5.41, 5.74) is 0. The lowest BCUT2D eigenvalue weighted by Gasteiger charge is -2.05. The van der Waals surface area contributed by atoms with Crippen LogP contribution in [0.1, 0.15) is 18.1 Å². The molecule has 0 unspecified atom stereocenters. The average molecular weight is 295 g/mol. The Hall–Kier alpha value is -2.22. The molecule has 0 saturated carbocycles. The van der Waals surface area contributed by atoms with Gasteiger partial charge in [0.25, 0.3) is 10.0 Å². The Morgan fingerprint density at radius 3 is 2.60 bits per heavy atom. The second kappa shape index (κ2) is 5.83. The SMILES string of the molecule is Cc1noc(CCC(=O)NS(=O)(=O)c2ccccc2)n1. The van der Waals surface area contributed by atoms with Gasteiger partial charge in [-0.05, 0) is 19.1 Å². The maximum absolute atomic E-state index is 11.9. The first-order chi connectivity index (χ1) is 9.47. The van der Waals surface area contributed by atoms with E-state index in [-0.39, 0.29) is 17.7 Å². The highest BCUT2D eigenvalue weighted by molar-refractivity contribution is 7.90. The van der Waals surface area contributed by atoms with Gasteiger partial charge in [0, 0.05) is 12.8 Å². The van der Waals surface area contributed by atoms with Crippen LogP contribution < -0.4 is 4.72 Å². The van der Waals surface area contributed by atoms with E-state index in [1.807, 2.05) is 4.72 Å². The highest BCUT2D eigenvalue weighted by atomic mass is 32.2. The van der Waals surface area contributed by atoms with Gasteiger partial charge in [0.2, 0.25) is 11.8 Å². The van der Waals surface area contributed by atoms with Gasteiger partial charge in [-0.1, -0.05) is 23.4 Å². The molecule has 1 N–H and O–H groups in total. The highest BCUT2D eigenvalue weighted by Gasteiger charge is 2.17. The molecule has 0 aliphatic carbocycles. The van der Waals surface area contributed by atoms with Gasteiger partial charge in [-0.25, -0.2) is 13.1 Å². The van der Waals surface area contributed by atoms with E-state index in [1.54, 1.807) is 25.1 Å². The lowest BCUT2D eigenvalue weighted by molar-refractivity contribution is -0.119. The van der Waals surface area contributed by atoms with Gasteiger partial charge in [-0.3, -0.25) is 4.79 Å². The minimum Gasteiger partial charge on any atom is -0.339 e. The van der Waals surface area contributed by atoms with Crippen molar-refractivity contribution >= 4 is 15.9 Å². The summed E-state index contributed by atoms with van der Waals surface area (Å²) in [6, 6.07) is 7.69. The maximum Gasteiger partial charge on any atom is 0.264 e. The van der Waals surface area contributed by atoms with Gasteiger partial charge in [0.15, 0.2) is 5.82 Å². The molecule has 7 nitrogen and oxygen atoms in total. The smallest absolute Gasteiger partial charge is 0.264 e. The first-order valence-corrected chi connectivity index (χ1v) is 7.35. The lowest BCUT2D eigenvalue weighted by atomic mass is 10.3. The van der Waals surface area contributed by atoms with Crippen LogP contribution in [-0.2, 0) is 21.2 Å². The van der Waals surface area contributed by atoms with Crippen LogP contribution in [0.4, 0.5) is 0 Å². The predicted octanol–water partition coefficient (Wildman–Crippen LogP) is 0.816. The van der Waals surface area contributed by atoms with E-state index in [0.29, 0.717) is 11.7 Å². The number of hydrogen-bond donors (Lipinski definition) is 1. The molecule has 0 atom stereocenters. The van der Waals surface area contributed by atoms with Crippen LogP contribution in [0.25, 0.3) is 0 Å². The number of carbonyl (C=O) groups is 1. The summed E-state index contributed by atoms with van der Waals surface area (Å²) >= 11 is 0. The van der Waals surface area contributed by atoms with E-state index >= 15 is 0 Å². The minimum atomic E-state index is -3.82. The third-order valence-corrected chi connectivity index (χ3v) is 3.83. The van der Waals surface area contributed by atoms with Gasteiger partial charge in [0.05, 0.1) is 4.90 Å². The molecule has 1 aromatic carbocycles. The summed E-state index contributed by atoms with van der Waals surface area (Å²) in [5, 5.41) is 3.58. The Morgan fingerprint density at radius 1 is 1.30 bits per heavy atom. The minimum absolute atomic E-state index is 0.0435. The van der Waals surface area contributed by atoms with Crippen molar-refractivity contribution in [2.45, 2.75) is 24.7 Å². The summed E-state index contributed by atoms with van der Waals surface area (Å²) in [6.45, 7) is 1.66. The van der Waals surface area contributed by atoms with E-state index in [0.717, 1.165) is 0 Å². The summed E-state index contributed by atoms with van der Waals surface area (Å²) < 4.78 is 30.6. The number of amides is 1. The molecule has 0 radical (unpaired) electrons. The van der Waals surface area contributed by atoms with Crippen LogP contribution in [-0.4, -0.2) is 24.5 Å². The van der Waals surface area contributed by atoms with Crippen molar-refractivity contribution in [2.75, 3.05) is 0 Å². The fourth-order valence-electron chi connectivity index (χ4n) is 1.52. The number of rotatable bonds is 5. The van der Waals surface area contributed by atoms with Crippen LogP contribution in [0, 0.1) is 6.92 Å². The molecule has 1 aromatic heterocycles. The molecule has 20 heavy (non-hydrogen) atoms. The fraction of sp³-hybridized carbons (Fsp3) is 0.250. The first-order valence-electron chi connectivity index (χ1n) is 5.87. The Balaban J connectivity index is 1.94. The van der Waals surface area contributed by atoms with E-state index in [4.69, 9.17) is 4.52 Å². The molecule has 0 aliphatic rings. The molecule has 2 aromatic rings. The van der Waals surface area contributed by atoms with Crippen molar-refractivity contribution in [3.63, 3.8) is 0 Å². The molecule has 0 spiro atoms. The Bertz CT molecular complexity index is 695. The zero-order valence-corrected chi connectivity index (χ0v) is 11.6. The lowest BCUT2D eigenvalue weighted by Crippen LogP contribution is -2.30. The molecule has 0 aliphatic heterocycles. The normalized spacial score (nSPS) is 11.2. The summed E-state index contributed by atoms with van der Waals surface area (Å²) in [6.07, 6.45) is 0.144. The van der Waals surface area contributed by atoms with Crippen molar-refractivity contribution in [1.29, 1.82) is 0 Å². The maximum atomic E-state index is 11.9. The molecule has 8 heteroatoms.